The van der Waals surface area contributed by atoms with E-state index in [9.17, 15) is 8.42 Å². The van der Waals surface area contributed by atoms with Gasteiger partial charge in [-0.25, -0.2) is 13.1 Å². The molecule has 0 aliphatic heterocycles. The molecule has 2 N–H and O–H groups in total. The van der Waals surface area contributed by atoms with Crippen LogP contribution in [0.5, 0.6) is 11.5 Å². The Morgan fingerprint density at radius 3 is 2.45 bits per heavy atom. The molecule has 4 rings (SSSR count). The number of hydrogen-bond acceptors (Lipinski definition) is 7. The standard InChI is InChI=1S/C30H36N4O5S/c1-5-39-15-14-32-40(35,36)29-18-26(13-12-22(29)2)31-19-25-21-34(20-23-8-6-10-27(16-23)37-3)33-30(25)24-9-7-11-28(17-24)38-4/h6-13,16-18,21,31-32H,5,14-15,19-20H2,1-4H3. The third-order valence-electron chi connectivity index (χ3n) is 6.36. The van der Waals surface area contributed by atoms with Gasteiger partial charge in [-0.05, 0) is 61.4 Å². The molecule has 4 aromatic rings. The fourth-order valence-electron chi connectivity index (χ4n) is 4.31. The normalized spacial score (nSPS) is 11.4. The zero-order valence-corrected chi connectivity index (χ0v) is 24.1. The van der Waals surface area contributed by atoms with E-state index in [0.717, 1.165) is 33.9 Å². The minimum Gasteiger partial charge on any atom is -0.497 e. The number of hydrogen-bond donors (Lipinski definition) is 2. The molecule has 0 aliphatic carbocycles. The number of benzene rings is 3. The lowest BCUT2D eigenvalue weighted by atomic mass is 10.1. The molecule has 212 valence electrons. The van der Waals surface area contributed by atoms with Crippen molar-refractivity contribution in [3.05, 3.63) is 89.6 Å². The van der Waals surface area contributed by atoms with Gasteiger partial charge in [0.2, 0.25) is 10.0 Å². The zero-order chi connectivity index (χ0) is 28.5. The number of rotatable bonds is 14. The van der Waals surface area contributed by atoms with Crippen LogP contribution in [0.3, 0.4) is 0 Å². The van der Waals surface area contributed by atoms with Gasteiger partial charge in [0.25, 0.3) is 0 Å². The third kappa shape index (κ3) is 7.41. The van der Waals surface area contributed by atoms with E-state index in [1.54, 1.807) is 33.3 Å². The fraction of sp³-hybridized carbons (Fsp3) is 0.300. The van der Waals surface area contributed by atoms with Crippen LogP contribution in [0.2, 0.25) is 0 Å². The molecule has 1 aromatic heterocycles. The average molecular weight is 565 g/mol. The quantitative estimate of drug-likeness (QED) is 0.211. The number of nitrogens with one attached hydrogen (secondary N) is 2. The SMILES string of the molecule is CCOCCNS(=O)(=O)c1cc(NCc2cn(Cc3cccc(OC)c3)nc2-c2cccc(OC)c2)ccc1C. The van der Waals surface area contributed by atoms with Crippen molar-refractivity contribution in [1.29, 1.82) is 0 Å². The highest BCUT2D eigenvalue weighted by Crippen LogP contribution is 2.28. The summed E-state index contributed by atoms with van der Waals surface area (Å²) in [6.45, 7) is 5.72. The lowest BCUT2D eigenvalue weighted by Crippen LogP contribution is -2.28. The van der Waals surface area contributed by atoms with Crippen LogP contribution in [-0.2, 0) is 27.8 Å². The van der Waals surface area contributed by atoms with E-state index in [2.05, 4.69) is 10.0 Å². The predicted octanol–water partition coefficient (Wildman–Crippen LogP) is 4.85. The van der Waals surface area contributed by atoms with E-state index in [0.29, 0.717) is 37.6 Å². The van der Waals surface area contributed by atoms with E-state index >= 15 is 0 Å². The lowest BCUT2D eigenvalue weighted by Gasteiger charge is -2.13. The van der Waals surface area contributed by atoms with Gasteiger partial charge in [-0.15, -0.1) is 0 Å². The van der Waals surface area contributed by atoms with Gasteiger partial charge in [-0.1, -0.05) is 30.3 Å². The number of nitrogens with zero attached hydrogens (tertiary/aromatic N) is 2. The Hall–Kier alpha value is -3.86. The van der Waals surface area contributed by atoms with Crippen molar-refractivity contribution in [2.45, 2.75) is 31.8 Å². The van der Waals surface area contributed by atoms with Gasteiger partial charge >= 0.3 is 0 Å². The first-order valence-corrected chi connectivity index (χ1v) is 14.6. The molecule has 0 unspecified atom stereocenters. The van der Waals surface area contributed by atoms with Crippen molar-refractivity contribution >= 4 is 15.7 Å². The Morgan fingerprint density at radius 2 is 1.70 bits per heavy atom. The first kappa shape index (κ1) is 29.1. The zero-order valence-electron chi connectivity index (χ0n) is 23.3. The second-order valence-electron chi connectivity index (χ2n) is 9.21. The van der Waals surface area contributed by atoms with Crippen molar-refractivity contribution in [3.8, 4) is 22.8 Å². The van der Waals surface area contributed by atoms with Crippen molar-refractivity contribution in [3.63, 3.8) is 0 Å². The molecule has 0 aliphatic rings. The highest BCUT2D eigenvalue weighted by Gasteiger charge is 2.18. The first-order valence-electron chi connectivity index (χ1n) is 13.1. The summed E-state index contributed by atoms with van der Waals surface area (Å²) in [5, 5.41) is 8.29. The van der Waals surface area contributed by atoms with Gasteiger partial charge < -0.3 is 19.5 Å². The van der Waals surface area contributed by atoms with Crippen molar-refractivity contribution in [2.24, 2.45) is 0 Å². The van der Waals surface area contributed by atoms with Gasteiger partial charge in [0, 0.05) is 42.7 Å². The summed E-state index contributed by atoms with van der Waals surface area (Å²) in [7, 11) is -0.397. The summed E-state index contributed by atoms with van der Waals surface area (Å²) in [6, 6.07) is 21.0. The summed E-state index contributed by atoms with van der Waals surface area (Å²) in [6.07, 6.45) is 2.00. The molecule has 1 heterocycles. The van der Waals surface area contributed by atoms with Crippen molar-refractivity contribution in [1.82, 2.24) is 14.5 Å². The minimum absolute atomic E-state index is 0.212. The molecule has 0 radical (unpaired) electrons. The van der Waals surface area contributed by atoms with Crippen LogP contribution in [-0.4, -0.2) is 52.2 Å². The molecule has 0 spiro atoms. The second kappa shape index (κ2) is 13.5. The van der Waals surface area contributed by atoms with Gasteiger partial charge in [0.05, 0.1) is 38.0 Å². The van der Waals surface area contributed by atoms with E-state index in [4.69, 9.17) is 19.3 Å². The summed E-state index contributed by atoms with van der Waals surface area (Å²) >= 11 is 0. The Kier molecular flexibility index (Phi) is 9.81. The molecular formula is C30H36N4O5S. The molecule has 9 nitrogen and oxygen atoms in total. The maximum absolute atomic E-state index is 12.9. The van der Waals surface area contributed by atoms with Gasteiger partial charge in [0.15, 0.2) is 0 Å². The third-order valence-corrected chi connectivity index (χ3v) is 7.97. The highest BCUT2D eigenvalue weighted by atomic mass is 32.2. The minimum atomic E-state index is -3.68. The van der Waals surface area contributed by atoms with Crippen LogP contribution in [0.1, 0.15) is 23.6 Å². The number of aromatic nitrogens is 2. The van der Waals surface area contributed by atoms with Crippen molar-refractivity contribution in [2.75, 3.05) is 39.3 Å². The number of ether oxygens (including phenoxy) is 3. The van der Waals surface area contributed by atoms with Crippen LogP contribution in [0, 0.1) is 6.92 Å². The molecule has 40 heavy (non-hydrogen) atoms. The lowest BCUT2D eigenvalue weighted by molar-refractivity contribution is 0.153. The highest BCUT2D eigenvalue weighted by molar-refractivity contribution is 7.89. The Morgan fingerprint density at radius 1 is 0.950 bits per heavy atom. The summed E-state index contributed by atoms with van der Waals surface area (Å²) in [4.78, 5) is 0.232. The molecule has 3 aromatic carbocycles. The van der Waals surface area contributed by atoms with Crippen LogP contribution in [0.15, 0.2) is 77.8 Å². The van der Waals surface area contributed by atoms with Crippen LogP contribution in [0.25, 0.3) is 11.3 Å². The number of anilines is 1. The summed E-state index contributed by atoms with van der Waals surface area (Å²) in [5.74, 6) is 1.53. The summed E-state index contributed by atoms with van der Waals surface area (Å²) < 4.78 is 46.4. The summed E-state index contributed by atoms with van der Waals surface area (Å²) in [5.41, 5.74) is 5.10. The molecule has 0 saturated carbocycles. The van der Waals surface area contributed by atoms with Crippen LogP contribution in [0.4, 0.5) is 5.69 Å². The predicted molar refractivity (Wildman–Crippen MR) is 156 cm³/mol. The molecule has 0 bridgehead atoms. The largest absolute Gasteiger partial charge is 0.497 e. The monoisotopic (exact) mass is 564 g/mol. The fourth-order valence-corrected chi connectivity index (χ4v) is 5.59. The average Bonchev–Trinajstić information content (AvgIpc) is 3.37. The maximum atomic E-state index is 12.9. The number of sulfonamides is 1. The molecule has 0 fully saturated rings. The Bertz CT molecular complexity index is 1530. The molecule has 0 saturated heterocycles. The van der Waals surface area contributed by atoms with E-state index in [1.165, 1.54) is 0 Å². The maximum Gasteiger partial charge on any atom is 0.240 e. The van der Waals surface area contributed by atoms with Crippen molar-refractivity contribution < 1.29 is 22.6 Å². The Labute approximate surface area is 236 Å². The molecular weight excluding hydrogens is 528 g/mol. The molecule has 10 heteroatoms. The van der Waals surface area contributed by atoms with E-state index in [-0.39, 0.29) is 11.4 Å². The topological polar surface area (TPSA) is 104 Å². The second-order valence-corrected chi connectivity index (χ2v) is 10.9. The van der Waals surface area contributed by atoms with Gasteiger partial charge in [-0.3, -0.25) is 4.68 Å². The van der Waals surface area contributed by atoms with Crippen LogP contribution >= 0.6 is 0 Å². The number of aryl methyl sites for hydroxylation is 1. The molecule has 0 atom stereocenters. The Balaban J connectivity index is 1.59. The van der Waals surface area contributed by atoms with Crippen LogP contribution < -0.4 is 19.5 Å². The van der Waals surface area contributed by atoms with E-state index in [1.807, 2.05) is 72.4 Å². The number of methoxy groups -OCH3 is 2. The molecule has 0 amide bonds. The first-order chi connectivity index (χ1) is 19.3. The smallest absolute Gasteiger partial charge is 0.240 e. The van der Waals surface area contributed by atoms with Gasteiger partial charge in [0.1, 0.15) is 11.5 Å². The van der Waals surface area contributed by atoms with Gasteiger partial charge in [-0.2, -0.15) is 5.10 Å². The van der Waals surface area contributed by atoms with E-state index < -0.39 is 10.0 Å².